The van der Waals surface area contributed by atoms with E-state index >= 15 is 0 Å². The lowest BCUT2D eigenvalue weighted by atomic mass is 10.0. The van der Waals surface area contributed by atoms with Gasteiger partial charge in [-0.3, -0.25) is 0 Å². The van der Waals surface area contributed by atoms with Crippen LogP contribution in [0.2, 0.25) is 0 Å². The fourth-order valence-corrected chi connectivity index (χ4v) is 2.50. The quantitative estimate of drug-likeness (QED) is 0.649. The van der Waals surface area contributed by atoms with Crippen molar-refractivity contribution >= 4 is 27.5 Å². The molecule has 1 unspecified atom stereocenters. The summed E-state index contributed by atoms with van der Waals surface area (Å²) in [5.74, 6) is 0. The van der Waals surface area contributed by atoms with E-state index in [0.717, 1.165) is 17.3 Å². The van der Waals surface area contributed by atoms with Gasteiger partial charge in [0.2, 0.25) is 0 Å². The minimum Gasteiger partial charge on any atom is -0.117 e. The Balaban J connectivity index is 2.06. The average molecular weight is 324 g/mol. The average Bonchev–Trinajstić information content (AvgIpc) is 2.41. The zero-order valence-corrected chi connectivity index (χ0v) is 12.7. The number of aryl methyl sites for hydroxylation is 1. The van der Waals surface area contributed by atoms with Gasteiger partial charge in [0.1, 0.15) is 0 Å². The van der Waals surface area contributed by atoms with Gasteiger partial charge >= 0.3 is 0 Å². The molecule has 0 nitrogen and oxygen atoms in total. The highest BCUT2D eigenvalue weighted by Crippen LogP contribution is 2.26. The summed E-state index contributed by atoms with van der Waals surface area (Å²) in [7, 11) is 0. The number of halogens is 2. The molecule has 2 aromatic carbocycles. The van der Waals surface area contributed by atoms with Crippen LogP contribution in [-0.2, 0) is 12.8 Å². The summed E-state index contributed by atoms with van der Waals surface area (Å²) in [6, 6.07) is 16.9. The predicted molar refractivity (Wildman–Crippen MR) is 82.3 cm³/mol. The van der Waals surface area contributed by atoms with E-state index in [0.29, 0.717) is 0 Å². The molecular formula is C16H16BrCl. The highest BCUT2D eigenvalue weighted by atomic mass is 79.9. The molecule has 0 spiro atoms. The first-order valence-electron chi connectivity index (χ1n) is 6.16. The Morgan fingerprint density at radius 1 is 0.944 bits per heavy atom. The summed E-state index contributed by atoms with van der Waals surface area (Å²) in [6.45, 7) is 2.16. The minimum absolute atomic E-state index is 0.0390. The van der Waals surface area contributed by atoms with E-state index < -0.39 is 0 Å². The molecule has 0 radical (unpaired) electrons. The fraction of sp³-hybridized carbons (Fsp3) is 0.250. The Bertz CT molecular complexity index is 488. The van der Waals surface area contributed by atoms with Crippen molar-refractivity contribution in [3.05, 3.63) is 69.7 Å². The maximum Gasteiger partial charge on any atom is 0.0625 e. The van der Waals surface area contributed by atoms with Gasteiger partial charge in [-0.05, 0) is 41.7 Å². The molecule has 0 aliphatic rings. The van der Waals surface area contributed by atoms with Gasteiger partial charge in [0.25, 0.3) is 0 Å². The molecule has 2 heteroatoms. The van der Waals surface area contributed by atoms with Crippen LogP contribution in [0, 0.1) is 0 Å². The van der Waals surface area contributed by atoms with Crippen LogP contribution in [0.15, 0.2) is 53.0 Å². The van der Waals surface area contributed by atoms with Crippen LogP contribution in [-0.4, -0.2) is 0 Å². The van der Waals surface area contributed by atoms with E-state index in [4.69, 9.17) is 11.6 Å². The Morgan fingerprint density at radius 3 is 2.06 bits per heavy atom. The first kappa shape index (κ1) is 13.6. The summed E-state index contributed by atoms with van der Waals surface area (Å²) >= 11 is 9.90. The first-order chi connectivity index (χ1) is 8.69. The highest BCUT2D eigenvalue weighted by molar-refractivity contribution is 9.10. The molecule has 2 aromatic rings. The normalized spacial score (nSPS) is 12.4. The van der Waals surface area contributed by atoms with Crippen LogP contribution in [0.5, 0.6) is 0 Å². The van der Waals surface area contributed by atoms with E-state index in [1.165, 1.54) is 16.7 Å². The standard InChI is InChI=1S/C16H16BrCl/c1-2-12-3-7-14(8-4-12)16(18)11-13-5-9-15(17)10-6-13/h3-10,16H,2,11H2,1H3. The van der Waals surface area contributed by atoms with Gasteiger partial charge in [0.05, 0.1) is 5.38 Å². The van der Waals surface area contributed by atoms with Crippen molar-refractivity contribution in [1.29, 1.82) is 0 Å². The zero-order valence-electron chi connectivity index (χ0n) is 10.4. The van der Waals surface area contributed by atoms with Crippen molar-refractivity contribution in [2.45, 2.75) is 25.1 Å². The van der Waals surface area contributed by atoms with Crippen molar-refractivity contribution in [1.82, 2.24) is 0 Å². The monoisotopic (exact) mass is 322 g/mol. The smallest absolute Gasteiger partial charge is 0.0625 e. The van der Waals surface area contributed by atoms with E-state index in [1.54, 1.807) is 0 Å². The lowest BCUT2D eigenvalue weighted by Crippen LogP contribution is -1.96. The summed E-state index contributed by atoms with van der Waals surface area (Å²) in [5, 5.41) is 0.0390. The van der Waals surface area contributed by atoms with E-state index in [9.17, 15) is 0 Å². The van der Waals surface area contributed by atoms with Crippen molar-refractivity contribution in [2.24, 2.45) is 0 Å². The second-order valence-electron chi connectivity index (χ2n) is 4.39. The zero-order chi connectivity index (χ0) is 13.0. The van der Waals surface area contributed by atoms with Crippen LogP contribution < -0.4 is 0 Å². The molecule has 2 rings (SSSR count). The van der Waals surface area contributed by atoms with Crippen molar-refractivity contribution < 1.29 is 0 Å². The van der Waals surface area contributed by atoms with Crippen LogP contribution in [0.4, 0.5) is 0 Å². The topological polar surface area (TPSA) is 0 Å². The SMILES string of the molecule is CCc1ccc(C(Cl)Cc2ccc(Br)cc2)cc1. The van der Waals surface area contributed by atoms with Crippen LogP contribution in [0.1, 0.15) is 29.0 Å². The van der Waals surface area contributed by atoms with Crippen LogP contribution >= 0.6 is 27.5 Å². The molecule has 94 valence electrons. The van der Waals surface area contributed by atoms with E-state index in [1.807, 2.05) is 0 Å². The molecule has 0 heterocycles. The van der Waals surface area contributed by atoms with Gasteiger partial charge in [-0.1, -0.05) is 59.3 Å². The molecule has 0 saturated carbocycles. The van der Waals surface area contributed by atoms with E-state index in [2.05, 4.69) is 71.4 Å². The molecule has 0 fully saturated rings. The maximum absolute atomic E-state index is 6.46. The molecule has 0 amide bonds. The number of alkyl halides is 1. The molecule has 0 aliphatic carbocycles. The van der Waals surface area contributed by atoms with Gasteiger partial charge in [0, 0.05) is 4.47 Å². The summed E-state index contributed by atoms with van der Waals surface area (Å²) in [4.78, 5) is 0. The summed E-state index contributed by atoms with van der Waals surface area (Å²) in [6.07, 6.45) is 1.93. The molecule has 18 heavy (non-hydrogen) atoms. The van der Waals surface area contributed by atoms with Gasteiger partial charge in [-0.15, -0.1) is 11.6 Å². The Morgan fingerprint density at radius 2 is 1.50 bits per heavy atom. The molecule has 0 N–H and O–H groups in total. The highest BCUT2D eigenvalue weighted by Gasteiger charge is 2.08. The summed E-state index contributed by atoms with van der Waals surface area (Å²) < 4.78 is 1.10. The molecular weight excluding hydrogens is 308 g/mol. The third-order valence-electron chi connectivity index (χ3n) is 3.08. The Labute approximate surface area is 122 Å². The molecule has 0 aliphatic heterocycles. The van der Waals surface area contributed by atoms with Crippen LogP contribution in [0.25, 0.3) is 0 Å². The largest absolute Gasteiger partial charge is 0.117 e. The molecule has 0 saturated heterocycles. The number of rotatable bonds is 4. The van der Waals surface area contributed by atoms with Gasteiger partial charge in [-0.25, -0.2) is 0 Å². The maximum atomic E-state index is 6.46. The third-order valence-corrected chi connectivity index (χ3v) is 4.01. The second kappa shape index (κ2) is 6.40. The van der Waals surface area contributed by atoms with Gasteiger partial charge in [-0.2, -0.15) is 0 Å². The molecule has 0 aromatic heterocycles. The van der Waals surface area contributed by atoms with Gasteiger partial charge < -0.3 is 0 Å². The van der Waals surface area contributed by atoms with Crippen molar-refractivity contribution in [3.8, 4) is 0 Å². The van der Waals surface area contributed by atoms with Crippen molar-refractivity contribution in [3.63, 3.8) is 0 Å². The Kier molecular flexibility index (Phi) is 4.85. The number of hydrogen-bond acceptors (Lipinski definition) is 0. The van der Waals surface area contributed by atoms with Crippen molar-refractivity contribution in [2.75, 3.05) is 0 Å². The minimum atomic E-state index is 0.0390. The van der Waals surface area contributed by atoms with Gasteiger partial charge in [0.15, 0.2) is 0 Å². The second-order valence-corrected chi connectivity index (χ2v) is 5.84. The number of hydrogen-bond donors (Lipinski definition) is 0. The van der Waals surface area contributed by atoms with E-state index in [-0.39, 0.29) is 5.38 Å². The molecule has 1 atom stereocenters. The fourth-order valence-electron chi connectivity index (χ4n) is 1.91. The lowest BCUT2D eigenvalue weighted by molar-refractivity contribution is 0.917. The lowest BCUT2D eigenvalue weighted by Gasteiger charge is -2.10. The first-order valence-corrected chi connectivity index (χ1v) is 7.39. The predicted octanol–water partition coefficient (Wildman–Crippen LogP) is 5.53. The molecule has 0 bridgehead atoms. The number of benzene rings is 2. The summed E-state index contributed by atoms with van der Waals surface area (Å²) in [5.41, 5.74) is 3.81. The third kappa shape index (κ3) is 3.60. The Hall–Kier alpha value is -0.790. The van der Waals surface area contributed by atoms with Crippen LogP contribution in [0.3, 0.4) is 0 Å².